The molecule has 0 aliphatic carbocycles. The van der Waals surface area contributed by atoms with E-state index in [1.807, 2.05) is 0 Å². The highest BCUT2D eigenvalue weighted by Gasteiger charge is 2.52. The van der Waals surface area contributed by atoms with Gasteiger partial charge in [-0.1, -0.05) is 0 Å². The van der Waals surface area contributed by atoms with E-state index >= 15 is 0 Å². The third kappa shape index (κ3) is 8.62. The van der Waals surface area contributed by atoms with Crippen LogP contribution in [0.15, 0.2) is 0 Å². The van der Waals surface area contributed by atoms with Gasteiger partial charge in [0.1, 0.15) is 73.2 Å². The maximum absolute atomic E-state index is 6.44. The zero-order chi connectivity index (χ0) is 34.1. The molecule has 0 unspecified atom stereocenters. The number of hydrogen-bond acceptors (Lipinski definition) is 17. The van der Waals surface area contributed by atoms with Crippen LogP contribution in [0.2, 0.25) is 0 Å². The van der Waals surface area contributed by atoms with Crippen molar-refractivity contribution in [3.8, 4) is 0 Å². The van der Waals surface area contributed by atoms with Crippen molar-refractivity contribution in [3.05, 3.63) is 0 Å². The summed E-state index contributed by atoms with van der Waals surface area (Å²) in [4.78, 5) is 0. The summed E-state index contributed by atoms with van der Waals surface area (Å²) in [6.07, 6.45) is -9.70. The van der Waals surface area contributed by atoms with E-state index in [0.29, 0.717) is 0 Å². The number of rotatable bonds is 16. The van der Waals surface area contributed by atoms with Crippen LogP contribution >= 0.6 is 0 Å². The highest BCUT2D eigenvalue weighted by Crippen LogP contribution is 2.33. The molecule has 4 aliphatic heterocycles. The van der Waals surface area contributed by atoms with E-state index in [0.717, 1.165) is 0 Å². The van der Waals surface area contributed by atoms with Crippen LogP contribution in [-0.2, 0) is 80.5 Å². The topological polar surface area (TPSA) is 157 Å². The Labute approximate surface area is 276 Å². The van der Waals surface area contributed by atoms with E-state index < -0.39 is 92.3 Å². The Morgan fingerprint density at radius 3 is 0.809 bits per heavy atom. The molecule has 4 aliphatic rings. The Bertz CT molecular complexity index is 819. The summed E-state index contributed by atoms with van der Waals surface area (Å²) in [5.41, 5.74) is 0. The molecule has 17 nitrogen and oxygen atoms in total. The maximum Gasteiger partial charge on any atom is 0.187 e. The first kappa shape index (κ1) is 39.1. The van der Waals surface area contributed by atoms with Crippen molar-refractivity contribution in [2.24, 2.45) is 0 Å². The zero-order valence-electron chi connectivity index (χ0n) is 29.0. The summed E-state index contributed by atoms with van der Waals surface area (Å²) < 4.78 is 100. The average Bonchev–Trinajstić information content (AvgIpc) is 3.11. The molecule has 4 saturated heterocycles. The maximum atomic E-state index is 6.44. The second-order valence-corrected chi connectivity index (χ2v) is 11.4. The monoisotopic (exact) mass is 686 g/mol. The second kappa shape index (κ2) is 19.1. The van der Waals surface area contributed by atoms with E-state index in [9.17, 15) is 0 Å². The Morgan fingerprint density at radius 1 is 0.277 bits per heavy atom. The summed E-state index contributed by atoms with van der Waals surface area (Å²) >= 11 is 0. The molecule has 276 valence electrons. The largest absolute Gasteiger partial charge is 0.376 e. The molecular weight excluding hydrogens is 632 g/mol. The molecule has 0 saturated carbocycles. The molecule has 4 heterocycles. The zero-order valence-corrected chi connectivity index (χ0v) is 29.0. The first-order chi connectivity index (χ1) is 22.9. The number of ether oxygens (including phenoxy) is 17. The van der Waals surface area contributed by atoms with Crippen LogP contribution in [0.5, 0.6) is 0 Å². The minimum absolute atomic E-state index is 0.0983. The van der Waals surface area contributed by atoms with Crippen molar-refractivity contribution < 1.29 is 80.5 Å². The van der Waals surface area contributed by atoms with Gasteiger partial charge in [0.05, 0.1) is 26.4 Å². The van der Waals surface area contributed by atoms with Gasteiger partial charge in [-0.05, 0) is 0 Å². The normalized spacial score (nSPS) is 44.8. The van der Waals surface area contributed by atoms with Gasteiger partial charge in [0.25, 0.3) is 0 Å². The lowest BCUT2D eigenvalue weighted by atomic mass is 10.0. The number of methoxy groups -OCH3 is 10. The highest BCUT2D eigenvalue weighted by molar-refractivity contribution is 4.94. The molecular formula is C30H54O17. The first-order valence-corrected chi connectivity index (χ1v) is 15.6. The van der Waals surface area contributed by atoms with Crippen molar-refractivity contribution in [3.63, 3.8) is 0 Å². The van der Waals surface area contributed by atoms with Crippen LogP contribution in [0.25, 0.3) is 0 Å². The van der Waals surface area contributed by atoms with Gasteiger partial charge >= 0.3 is 0 Å². The molecule has 0 N–H and O–H groups in total. The van der Waals surface area contributed by atoms with Crippen molar-refractivity contribution in [2.45, 2.75) is 98.4 Å². The van der Waals surface area contributed by atoms with Crippen molar-refractivity contribution in [1.29, 1.82) is 0 Å². The van der Waals surface area contributed by atoms with Gasteiger partial charge in [-0.25, -0.2) is 0 Å². The van der Waals surface area contributed by atoms with Gasteiger partial charge in [0.15, 0.2) is 25.2 Å². The Morgan fingerprint density at radius 2 is 0.532 bits per heavy atom. The third-order valence-corrected chi connectivity index (χ3v) is 9.17. The van der Waals surface area contributed by atoms with E-state index in [4.69, 9.17) is 80.5 Å². The van der Waals surface area contributed by atoms with Crippen LogP contribution in [0.1, 0.15) is 0 Å². The lowest BCUT2D eigenvalue weighted by Gasteiger charge is -2.47. The lowest BCUT2D eigenvalue weighted by molar-refractivity contribution is -0.364. The molecule has 47 heavy (non-hydrogen) atoms. The molecule has 0 aromatic rings. The smallest absolute Gasteiger partial charge is 0.187 e. The SMILES string of the molecule is CO[C@@H]1OC[C@@H](O[C@@H]2OC[C@@H](O[C@@H]3OC[C@@H](O[C@@H]4OC[C@@H](OC)[C@H](OC)[C@H]4OC)[C@H](OC)[C@H]3OC)[C@H](OC)[C@H]2OC)[C@H](OC)[C@H]1OC. The van der Waals surface area contributed by atoms with Crippen LogP contribution < -0.4 is 0 Å². The van der Waals surface area contributed by atoms with Crippen LogP contribution in [0, 0.1) is 0 Å². The van der Waals surface area contributed by atoms with Gasteiger partial charge < -0.3 is 80.5 Å². The molecule has 4 rings (SSSR count). The predicted molar refractivity (Wildman–Crippen MR) is 158 cm³/mol. The van der Waals surface area contributed by atoms with E-state index in [-0.39, 0.29) is 32.5 Å². The molecule has 0 radical (unpaired) electrons. The fraction of sp³-hybridized carbons (Fsp3) is 1.00. The summed E-state index contributed by atoms with van der Waals surface area (Å²) in [5.74, 6) is 0. The third-order valence-electron chi connectivity index (χ3n) is 9.17. The van der Waals surface area contributed by atoms with Gasteiger partial charge in [0, 0.05) is 71.1 Å². The van der Waals surface area contributed by atoms with Crippen LogP contribution in [0.4, 0.5) is 0 Å². The Balaban J connectivity index is 1.41. The fourth-order valence-corrected chi connectivity index (χ4v) is 6.73. The molecule has 17 heteroatoms. The Kier molecular flexibility index (Phi) is 15.9. The summed E-state index contributed by atoms with van der Waals surface area (Å²) in [6, 6.07) is 0. The standard InChI is InChI=1S/C30H54O17/c1-31-15-11-42-28(24(37-7)19(15)32-2)46-17-13-44-30(26(39-9)21(17)34-4)47-18-14-43-29(25(38-8)22(18)35-5)45-16-12-41-27(40-10)23(36-6)20(16)33-3/h15-30H,11-14H2,1-10H3/t15-,16-,17-,18-,19+,20+,21+,22+,23-,24-,25-,26-,27-,28+,29+,30+/m1/s1. The molecule has 0 amide bonds. The lowest BCUT2D eigenvalue weighted by Crippen LogP contribution is -2.64. The summed E-state index contributed by atoms with van der Waals surface area (Å²) in [6.45, 7) is 0.656. The van der Waals surface area contributed by atoms with Gasteiger partial charge in [0.2, 0.25) is 0 Å². The van der Waals surface area contributed by atoms with Crippen LogP contribution in [-0.4, -0.2) is 196 Å². The van der Waals surface area contributed by atoms with E-state index in [2.05, 4.69) is 0 Å². The average molecular weight is 687 g/mol. The minimum atomic E-state index is -0.862. The fourth-order valence-electron chi connectivity index (χ4n) is 6.73. The van der Waals surface area contributed by atoms with Crippen molar-refractivity contribution in [2.75, 3.05) is 97.5 Å². The highest BCUT2D eigenvalue weighted by atomic mass is 16.8. The quantitative estimate of drug-likeness (QED) is 0.202. The molecule has 16 atom stereocenters. The Hall–Kier alpha value is -0.680. The van der Waals surface area contributed by atoms with Gasteiger partial charge in [-0.2, -0.15) is 0 Å². The first-order valence-electron chi connectivity index (χ1n) is 15.6. The molecule has 0 aromatic carbocycles. The van der Waals surface area contributed by atoms with E-state index in [1.54, 1.807) is 71.1 Å². The van der Waals surface area contributed by atoms with Crippen molar-refractivity contribution in [1.82, 2.24) is 0 Å². The van der Waals surface area contributed by atoms with Crippen LogP contribution in [0.3, 0.4) is 0 Å². The number of hydrogen-bond donors (Lipinski definition) is 0. The van der Waals surface area contributed by atoms with Crippen molar-refractivity contribution >= 4 is 0 Å². The summed E-state index contributed by atoms with van der Waals surface area (Å²) in [7, 11) is 15.7. The molecule has 0 aromatic heterocycles. The predicted octanol–water partition coefficient (Wildman–Crippen LogP) is -0.651. The molecule has 0 bridgehead atoms. The minimum Gasteiger partial charge on any atom is -0.376 e. The summed E-state index contributed by atoms with van der Waals surface area (Å²) in [5, 5.41) is 0. The molecule has 0 spiro atoms. The van der Waals surface area contributed by atoms with Gasteiger partial charge in [-0.15, -0.1) is 0 Å². The molecule has 4 fully saturated rings. The van der Waals surface area contributed by atoms with E-state index in [1.165, 1.54) is 0 Å². The van der Waals surface area contributed by atoms with Gasteiger partial charge in [-0.3, -0.25) is 0 Å². The second-order valence-electron chi connectivity index (χ2n) is 11.4.